The third-order valence-electron chi connectivity index (χ3n) is 8.52. The molecule has 3 fully saturated rings. The molecule has 2 aliphatic carbocycles. The molecule has 6 rings (SSSR count). The van der Waals surface area contributed by atoms with Gasteiger partial charge in [-0.15, -0.1) is 10.2 Å². The zero-order chi connectivity index (χ0) is 25.0. The molecule has 1 saturated heterocycles. The molecule has 196 valence electrons. The van der Waals surface area contributed by atoms with Crippen molar-refractivity contribution in [2.24, 2.45) is 11.8 Å². The molecular formula is C29H37N5O2S. The summed E-state index contributed by atoms with van der Waals surface area (Å²) in [5.41, 5.74) is 3.22. The number of rotatable bonds is 8. The second kappa shape index (κ2) is 11.5. The molecule has 3 aromatic rings. The summed E-state index contributed by atoms with van der Waals surface area (Å²) in [6.07, 6.45) is 14.8. The molecule has 3 aliphatic rings. The number of aliphatic hydroxyl groups is 1. The van der Waals surface area contributed by atoms with Crippen molar-refractivity contribution >= 4 is 17.3 Å². The smallest absolute Gasteiger partial charge is 0.225 e. The van der Waals surface area contributed by atoms with Gasteiger partial charge in [-0.05, 0) is 68.8 Å². The molecule has 0 spiro atoms. The molecule has 1 aliphatic heterocycles. The van der Waals surface area contributed by atoms with Crippen molar-refractivity contribution < 1.29 is 9.84 Å². The molecule has 3 heterocycles. The summed E-state index contributed by atoms with van der Waals surface area (Å²) in [5, 5.41) is 20.5. The van der Waals surface area contributed by atoms with Crippen molar-refractivity contribution in [2.45, 2.75) is 69.8 Å². The minimum atomic E-state index is 0.308. The normalized spacial score (nSPS) is 23.2. The van der Waals surface area contributed by atoms with Gasteiger partial charge in [0.25, 0.3) is 0 Å². The van der Waals surface area contributed by atoms with Gasteiger partial charge in [0.1, 0.15) is 10.0 Å². The van der Waals surface area contributed by atoms with Crippen LogP contribution in [0.2, 0.25) is 0 Å². The fourth-order valence-electron chi connectivity index (χ4n) is 5.70. The average molecular weight is 520 g/mol. The Kier molecular flexibility index (Phi) is 7.76. The molecular weight excluding hydrogens is 482 g/mol. The number of hydrogen-bond acceptors (Lipinski definition) is 8. The zero-order valence-electron chi connectivity index (χ0n) is 21.5. The number of benzene rings is 1. The summed E-state index contributed by atoms with van der Waals surface area (Å²) in [6, 6.07) is 8.47. The molecule has 7 nitrogen and oxygen atoms in total. The molecule has 2 saturated carbocycles. The van der Waals surface area contributed by atoms with Crippen LogP contribution in [0.25, 0.3) is 21.7 Å². The Morgan fingerprint density at radius 2 is 1.51 bits per heavy atom. The van der Waals surface area contributed by atoms with E-state index in [0.717, 1.165) is 96.8 Å². The van der Waals surface area contributed by atoms with E-state index in [9.17, 15) is 5.11 Å². The van der Waals surface area contributed by atoms with Crippen LogP contribution in [-0.4, -0.2) is 57.7 Å². The summed E-state index contributed by atoms with van der Waals surface area (Å²) < 4.78 is 6.15. The third-order valence-corrected chi connectivity index (χ3v) is 9.65. The number of aliphatic hydroxyl groups excluding tert-OH is 1. The number of ether oxygens (including phenoxy) is 1. The highest BCUT2D eigenvalue weighted by molar-refractivity contribution is 7.14. The van der Waals surface area contributed by atoms with E-state index < -0.39 is 0 Å². The number of hydrogen-bond donors (Lipinski definition) is 1. The molecule has 0 unspecified atom stereocenters. The summed E-state index contributed by atoms with van der Waals surface area (Å²) >= 11 is 1.71. The van der Waals surface area contributed by atoms with Crippen molar-refractivity contribution in [2.75, 3.05) is 31.2 Å². The molecule has 0 radical (unpaired) electrons. The lowest BCUT2D eigenvalue weighted by atomic mass is 9.83. The maximum Gasteiger partial charge on any atom is 0.225 e. The highest BCUT2D eigenvalue weighted by atomic mass is 32.1. The van der Waals surface area contributed by atoms with Crippen LogP contribution >= 0.6 is 11.3 Å². The van der Waals surface area contributed by atoms with E-state index in [1.54, 1.807) is 11.3 Å². The van der Waals surface area contributed by atoms with E-state index in [0.29, 0.717) is 24.5 Å². The largest absolute Gasteiger partial charge is 0.396 e. The van der Waals surface area contributed by atoms with E-state index in [4.69, 9.17) is 4.74 Å². The van der Waals surface area contributed by atoms with E-state index in [2.05, 4.69) is 49.3 Å². The van der Waals surface area contributed by atoms with Gasteiger partial charge in [0.2, 0.25) is 5.95 Å². The molecule has 1 aromatic carbocycles. The number of piperidine rings is 1. The Labute approximate surface area is 223 Å². The second-order valence-corrected chi connectivity index (χ2v) is 12.0. The Hall–Kier alpha value is -2.42. The standard InChI is InChI=1S/C29H37N5O2S/c35-18-20-4-6-23(7-5-20)27-32-33-28(37-27)24-10-8-22(9-11-24)25-16-30-29(31-17-25)34-14-12-26(13-15-34)36-19-21-2-1-3-21/h8-11,16-17,20-21,23,26,35H,1-7,12-15,18-19H2. The number of nitrogens with zero attached hydrogens (tertiary/aromatic N) is 5. The topological polar surface area (TPSA) is 84.3 Å². The van der Waals surface area contributed by atoms with Gasteiger partial charge in [-0.2, -0.15) is 0 Å². The maximum absolute atomic E-state index is 9.39. The zero-order valence-corrected chi connectivity index (χ0v) is 22.3. The molecule has 0 bridgehead atoms. The first kappa shape index (κ1) is 24.9. The van der Waals surface area contributed by atoms with Gasteiger partial charge < -0.3 is 14.7 Å². The Morgan fingerprint density at radius 1 is 0.811 bits per heavy atom. The van der Waals surface area contributed by atoms with Crippen LogP contribution in [0.5, 0.6) is 0 Å². The summed E-state index contributed by atoms with van der Waals surface area (Å²) in [4.78, 5) is 11.6. The Bertz CT molecular complexity index is 1130. The number of aromatic nitrogens is 4. The van der Waals surface area contributed by atoms with Crippen molar-refractivity contribution in [3.8, 4) is 21.7 Å². The van der Waals surface area contributed by atoms with Crippen LogP contribution in [-0.2, 0) is 4.74 Å². The summed E-state index contributed by atoms with van der Waals surface area (Å²) in [5.74, 6) is 2.56. The van der Waals surface area contributed by atoms with Crippen LogP contribution < -0.4 is 4.90 Å². The van der Waals surface area contributed by atoms with Crippen LogP contribution in [0.3, 0.4) is 0 Å². The first-order valence-electron chi connectivity index (χ1n) is 14.0. The first-order chi connectivity index (χ1) is 18.2. The molecule has 0 atom stereocenters. The fraction of sp³-hybridized carbons (Fsp3) is 0.586. The minimum Gasteiger partial charge on any atom is -0.396 e. The lowest BCUT2D eigenvalue weighted by molar-refractivity contribution is -0.00106. The van der Waals surface area contributed by atoms with Gasteiger partial charge in [0.15, 0.2) is 0 Å². The molecule has 37 heavy (non-hydrogen) atoms. The van der Waals surface area contributed by atoms with E-state index in [1.165, 1.54) is 19.3 Å². The highest BCUT2D eigenvalue weighted by Gasteiger charge is 2.26. The van der Waals surface area contributed by atoms with Gasteiger partial charge in [-0.1, -0.05) is 42.0 Å². The van der Waals surface area contributed by atoms with Gasteiger partial charge in [0, 0.05) is 55.7 Å². The van der Waals surface area contributed by atoms with E-state index >= 15 is 0 Å². The summed E-state index contributed by atoms with van der Waals surface area (Å²) in [7, 11) is 0. The van der Waals surface area contributed by atoms with Crippen molar-refractivity contribution in [1.82, 2.24) is 20.2 Å². The van der Waals surface area contributed by atoms with Crippen LogP contribution in [0.15, 0.2) is 36.7 Å². The van der Waals surface area contributed by atoms with E-state index in [1.807, 2.05) is 12.4 Å². The predicted octanol–water partition coefficient (Wildman–Crippen LogP) is 5.71. The van der Waals surface area contributed by atoms with Gasteiger partial charge >= 0.3 is 0 Å². The fourth-order valence-corrected chi connectivity index (χ4v) is 6.72. The Balaban J connectivity index is 1.03. The Morgan fingerprint density at radius 3 is 2.16 bits per heavy atom. The van der Waals surface area contributed by atoms with Crippen LogP contribution in [0.1, 0.15) is 68.7 Å². The van der Waals surface area contributed by atoms with E-state index in [-0.39, 0.29) is 0 Å². The first-order valence-corrected chi connectivity index (χ1v) is 14.8. The van der Waals surface area contributed by atoms with Crippen molar-refractivity contribution in [3.05, 3.63) is 41.7 Å². The minimum absolute atomic E-state index is 0.308. The quantitative estimate of drug-likeness (QED) is 0.408. The average Bonchev–Trinajstić information content (AvgIpc) is 3.43. The predicted molar refractivity (Wildman–Crippen MR) is 147 cm³/mol. The SMILES string of the molecule is OCC1CCC(c2nnc(-c3ccc(-c4cnc(N5CCC(OCC6CCC6)CC5)nc4)cc3)s2)CC1. The number of anilines is 1. The lowest BCUT2D eigenvalue weighted by Gasteiger charge is -2.34. The van der Waals surface area contributed by atoms with Gasteiger partial charge in [0.05, 0.1) is 6.10 Å². The molecule has 1 N–H and O–H groups in total. The van der Waals surface area contributed by atoms with Crippen molar-refractivity contribution in [1.29, 1.82) is 0 Å². The monoisotopic (exact) mass is 519 g/mol. The maximum atomic E-state index is 9.39. The van der Waals surface area contributed by atoms with Gasteiger partial charge in [-0.3, -0.25) is 0 Å². The molecule has 0 amide bonds. The highest BCUT2D eigenvalue weighted by Crippen LogP contribution is 2.38. The summed E-state index contributed by atoms with van der Waals surface area (Å²) in [6.45, 7) is 3.16. The molecule has 2 aromatic heterocycles. The third kappa shape index (κ3) is 5.86. The van der Waals surface area contributed by atoms with Crippen LogP contribution in [0, 0.1) is 11.8 Å². The molecule has 8 heteroatoms. The lowest BCUT2D eigenvalue weighted by Crippen LogP contribution is -2.38. The second-order valence-electron chi connectivity index (χ2n) is 11.0. The van der Waals surface area contributed by atoms with Crippen molar-refractivity contribution in [3.63, 3.8) is 0 Å². The van der Waals surface area contributed by atoms with Crippen LogP contribution in [0.4, 0.5) is 5.95 Å². The van der Waals surface area contributed by atoms with Gasteiger partial charge in [-0.25, -0.2) is 9.97 Å².